The molecule has 0 amide bonds. The van der Waals surface area contributed by atoms with E-state index in [2.05, 4.69) is 26.1 Å². The van der Waals surface area contributed by atoms with Crippen molar-refractivity contribution in [3.63, 3.8) is 0 Å². The van der Waals surface area contributed by atoms with Gasteiger partial charge in [-0.1, -0.05) is 46.5 Å². The van der Waals surface area contributed by atoms with Crippen LogP contribution in [0.15, 0.2) is 0 Å². The maximum atomic E-state index is 5.62. The monoisotopic (exact) mass is 361 g/mol. The third kappa shape index (κ3) is 21.8. The number of unbranched alkanes of at least 4 members (excludes halogenated alkanes) is 2. The summed E-state index contributed by atoms with van der Waals surface area (Å²) in [7, 11) is 0. The molecule has 0 heterocycles. The van der Waals surface area contributed by atoms with Crippen molar-refractivity contribution in [3.8, 4) is 0 Å². The molecule has 0 fully saturated rings. The van der Waals surface area contributed by atoms with Crippen LogP contribution >= 0.6 is 0 Å². The summed E-state index contributed by atoms with van der Waals surface area (Å²) < 4.78 is 22.0. The molecular weight excluding hydrogens is 318 g/mol. The number of nitrogens with one attached hydrogen (secondary N) is 1. The molecule has 0 radical (unpaired) electrons. The number of ether oxygens (including phenoxy) is 4. The lowest BCUT2D eigenvalue weighted by atomic mass is 10.0. The van der Waals surface area contributed by atoms with Crippen molar-refractivity contribution in [2.75, 3.05) is 65.9 Å². The van der Waals surface area contributed by atoms with E-state index in [1.807, 2.05) is 0 Å². The Morgan fingerprint density at radius 1 is 0.600 bits per heavy atom. The van der Waals surface area contributed by atoms with Crippen LogP contribution in [0.3, 0.4) is 0 Å². The molecular formula is C20H43NO4. The highest BCUT2D eigenvalue weighted by Gasteiger charge is 2.01. The molecule has 0 saturated carbocycles. The lowest BCUT2D eigenvalue weighted by Gasteiger charge is -2.11. The molecule has 5 nitrogen and oxygen atoms in total. The molecule has 0 aromatic rings. The van der Waals surface area contributed by atoms with Crippen LogP contribution in [-0.2, 0) is 18.9 Å². The summed E-state index contributed by atoms with van der Waals surface area (Å²) in [5.41, 5.74) is 0. The maximum absolute atomic E-state index is 5.62. The minimum Gasteiger partial charge on any atom is -0.379 e. The van der Waals surface area contributed by atoms with E-state index in [-0.39, 0.29) is 0 Å². The molecule has 1 N–H and O–H groups in total. The van der Waals surface area contributed by atoms with Crippen LogP contribution in [0.4, 0.5) is 0 Å². The molecule has 25 heavy (non-hydrogen) atoms. The first-order valence-electron chi connectivity index (χ1n) is 10.3. The number of rotatable bonds is 21. The molecule has 0 aromatic heterocycles. The minimum absolute atomic E-state index is 0.617. The van der Waals surface area contributed by atoms with Gasteiger partial charge in [-0.2, -0.15) is 0 Å². The van der Waals surface area contributed by atoms with E-state index in [0.717, 1.165) is 45.1 Å². The standard InChI is InChI=1S/C20H43NO4/c1-4-6-7-8-20(3)9-12-22-14-16-24-18-19-25-17-15-23-13-11-21-10-5-2/h20-21H,4-19H2,1-3H3. The van der Waals surface area contributed by atoms with Crippen LogP contribution in [0.2, 0.25) is 0 Å². The molecule has 1 atom stereocenters. The zero-order valence-electron chi connectivity index (χ0n) is 17.0. The van der Waals surface area contributed by atoms with Gasteiger partial charge in [0.15, 0.2) is 0 Å². The van der Waals surface area contributed by atoms with Gasteiger partial charge in [-0.05, 0) is 25.3 Å². The van der Waals surface area contributed by atoms with E-state index in [0.29, 0.717) is 39.6 Å². The van der Waals surface area contributed by atoms with Crippen molar-refractivity contribution < 1.29 is 18.9 Å². The van der Waals surface area contributed by atoms with E-state index in [1.54, 1.807) is 0 Å². The third-order valence-corrected chi connectivity index (χ3v) is 4.02. The molecule has 0 aliphatic rings. The van der Waals surface area contributed by atoms with Gasteiger partial charge in [0.2, 0.25) is 0 Å². The highest BCUT2D eigenvalue weighted by atomic mass is 16.6. The van der Waals surface area contributed by atoms with Crippen molar-refractivity contribution >= 4 is 0 Å². The second-order valence-corrected chi connectivity index (χ2v) is 6.59. The molecule has 5 heteroatoms. The van der Waals surface area contributed by atoms with Crippen LogP contribution in [0, 0.1) is 5.92 Å². The van der Waals surface area contributed by atoms with Crippen molar-refractivity contribution in [1.29, 1.82) is 0 Å². The quantitative estimate of drug-likeness (QED) is 0.316. The van der Waals surface area contributed by atoms with Gasteiger partial charge in [0, 0.05) is 13.2 Å². The average molecular weight is 362 g/mol. The summed E-state index contributed by atoms with van der Waals surface area (Å²) in [6, 6.07) is 0. The number of hydrogen-bond acceptors (Lipinski definition) is 5. The molecule has 0 bridgehead atoms. The summed E-state index contributed by atoms with van der Waals surface area (Å²) >= 11 is 0. The SMILES string of the molecule is CCCCCC(C)CCOCCOCCOCCOCCNCCC. The normalized spacial score (nSPS) is 12.6. The van der Waals surface area contributed by atoms with E-state index in [4.69, 9.17) is 18.9 Å². The predicted molar refractivity (Wildman–Crippen MR) is 104 cm³/mol. The number of hydrogen-bond donors (Lipinski definition) is 1. The Hall–Kier alpha value is -0.200. The van der Waals surface area contributed by atoms with E-state index < -0.39 is 0 Å². The maximum Gasteiger partial charge on any atom is 0.0701 e. The minimum atomic E-state index is 0.617. The van der Waals surface area contributed by atoms with Crippen LogP contribution in [0.25, 0.3) is 0 Å². The Morgan fingerprint density at radius 3 is 1.72 bits per heavy atom. The zero-order valence-corrected chi connectivity index (χ0v) is 17.0. The first-order valence-corrected chi connectivity index (χ1v) is 10.3. The van der Waals surface area contributed by atoms with Crippen LogP contribution in [-0.4, -0.2) is 65.9 Å². The van der Waals surface area contributed by atoms with Gasteiger partial charge in [0.1, 0.15) is 0 Å². The molecule has 0 saturated heterocycles. The van der Waals surface area contributed by atoms with Crippen LogP contribution in [0.5, 0.6) is 0 Å². The van der Waals surface area contributed by atoms with E-state index in [1.165, 1.54) is 25.7 Å². The first-order chi connectivity index (χ1) is 12.3. The molecule has 0 rings (SSSR count). The Morgan fingerprint density at radius 2 is 1.16 bits per heavy atom. The van der Waals surface area contributed by atoms with Gasteiger partial charge in [0.05, 0.1) is 46.2 Å². The second kappa shape index (κ2) is 21.8. The second-order valence-electron chi connectivity index (χ2n) is 6.59. The topological polar surface area (TPSA) is 49.0 Å². The predicted octanol–water partition coefficient (Wildman–Crippen LogP) is 3.66. The lowest BCUT2D eigenvalue weighted by molar-refractivity contribution is -0.00260. The molecule has 0 aromatic carbocycles. The van der Waals surface area contributed by atoms with Crippen molar-refractivity contribution in [2.45, 2.75) is 59.3 Å². The van der Waals surface area contributed by atoms with Crippen molar-refractivity contribution in [1.82, 2.24) is 5.32 Å². The lowest BCUT2D eigenvalue weighted by Crippen LogP contribution is -2.21. The molecule has 1 unspecified atom stereocenters. The Bertz CT molecular complexity index is 242. The fraction of sp³-hybridized carbons (Fsp3) is 1.00. The Balaban J connectivity index is 3.05. The van der Waals surface area contributed by atoms with Crippen molar-refractivity contribution in [3.05, 3.63) is 0 Å². The fourth-order valence-electron chi connectivity index (χ4n) is 2.38. The highest BCUT2D eigenvalue weighted by molar-refractivity contribution is 4.53. The van der Waals surface area contributed by atoms with Crippen molar-refractivity contribution in [2.24, 2.45) is 5.92 Å². The highest BCUT2D eigenvalue weighted by Crippen LogP contribution is 2.12. The molecule has 0 spiro atoms. The van der Waals surface area contributed by atoms with E-state index in [9.17, 15) is 0 Å². The fourth-order valence-corrected chi connectivity index (χ4v) is 2.38. The van der Waals surface area contributed by atoms with Crippen LogP contribution < -0.4 is 5.32 Å². The van der Waals surface area contributed by atoms with Gasteiger partial charge in [-0.25, -0.2) is 0 Å². The van der Waals surface area contributed by atoms with Gasteiger partial charge < -0.3 is 24.3 Å². The summed E-state index contributed by atoms with van der Waals surface area (Å²) in [4.78, 5) is 0. The van der Waals surface area contributed by atoms with E-state index >= 15 is 0 Å². The first kappa shape index (κ1) is 24.8. The summed E-state index contributed by atoms with van der Waals surface area (Å²) in [6.45, 7) is 14.1. The zero-order chi connectivity index (χ0) is 18.4. The van der Waals surface area contributed by atoms with Gasteiger partial charge in [0.25, 0.3) is 0 Å². The van der Waals surface area contributed by atoms with Gasteiger partial charge in [-0.3, -0.25) is 0 Å². The smallest absolute Gasteiger partial charge is 0.0701 e. The third-order valence-electron chi connectivity index (χ3n) is 4.02. The Kier molecular flexibility index (Phi) is 21.7. The average Bonchev–Trinajstić information content (AvgIpc) is 2.61. The molecule has 152 valence electrons. The Labute approximate surface area is 156 Å². The van der Waals surface area contributed by atoms with Gasteiger partial charge in [-0.15, -0.1) is 0 Å². The molecule has 0 aliphatic heterocycles. The summed E-state index contributed by atoms with van der Waals surface area (Å²) in [5.74, 6) is 0.769. The largest absolute Gasteiger partial charge is 0.379 e. The van der Waals surface area contributed by atoms with Gasteiger partial charge >= 0.3 is 0 Å². The van der Waals surface area contributed by atoms with Crippen LogP contribution in [0.1, 0.15) is 59.3 Å². The summed E-state index contributed by atoms with van der Waals surface area (Å²) in [5, 5.41) is 3.29. The summed E-state index contributed by atoms with van der Waals surface area (Å²) in [6.07, 6.45) is 7.63. The molecule has 0 aliphatic carbocycles.